The Hall–Kier alpha value is -3.69. The van der Waals surface area contributed by atoms with Crippen molar-refractivity contribution in [2.24, 2.45) is 10.7 Å². The van der Waals surface area contributed by atoms with Crippen LogP contribution in [0.4, 0.5) is 19.4 Å². The van der Waals surface area contributed by atoms with Crippen LogP contribution in [-0.2, 0) is 0 Å². The molecule has 37 heavy (non-hydrogen) atoms. The maximum absolute atomic E-state index is 13.4. The third-order valence-electron chi connectivity index (χ3n) is 4.96. The maximum atomic E-state index is 13.4. The van der Waals surface area contributed by atoms with Gasteiger partial charge < -0.3 is 20.1 Å². The summed E-state index contributed by atoms with van der Waals surface area (Å²) in [6, 6.07) is 2.18. The van der Waals surface area contributed by atoms with Gasteiger partial charge in [0.25, 0.3) is 5.91 Å². The van der Waals surface area contributed by atoms with Gasteiger partial charge in [0, 0.05) is 30.8 Å². The minimum Gasteiger partial charge on any atom is -0.497 e. The normalized spacial score (nSPS) is 13.9. The predicted molar refractivity (Wildman–Crippen MR) is 127 cm³/mol. The van der Waals surface area contributed by atoms with E-state index in [2.05, 4.69) is 14.8 Å². The number of benzene rings is 1. The number of carbonyl (C=O) groups excluding carboxylic acids is 2. The summed E-state index contributed by atoms with van der Waals surface area (Å²) in [6.07, 6.45) is 0. The SMILES string of the molecule is CCOc1cc(C(=O)N(CC)CC)c(=NCC(=O)c2cc(OC)cc(S(F)(F)(F)(F)F)c2)n(C(=N)N)n1. The van der Waals surface area contributed by atoms with Gasteiger partial charge in [-0.05, 0) is 32.9 Å². The van der Waals surface area contributed by atoms with Gasteiger partial charge in [-0.1, -0.05) is 19.4 Å². The number of nitrogen functional groups attached to an aromatic ring is 1. The average Bonchev–Trinajstić information content (AvgIpc) is 2.81. The van der Waals surface area contributed by atoms with Crippen molar-refractivity contribution in [3.8, 4) is 11.6 Å². The van der Waals surface area contributed by atoms with Crippen LogP contribution in [0.15, 0.2) is 34.2 Å². The van der Waals surface area contributed by atoms with Crippen LogP contribution in [0.1, 0.15) is 41.5 Å². The van der Waals surface area contributed by atoms with Gasteiger partial charge in [-0.3, -0.25) is 20.0 Å². The lowest BCUT2D eigenvalue weighted by Gasteiger charge is -2.40. The molecule has 1 aromatic carbocycles. The molecule has 0 saturated carbocycles. The molecule has 0 unspecified atom stereocenters. The van der Waals surface area contributed by atoms with Crippen molar-refractivity contribution in [1.82, 2.24) is 14.7 Å². The van der Waals surface area contributed by atoms with E-state index in [9.17, 15) is 29.0 Å². The molecule has 206 valence electrons. The number of ketones is 1. The van der Waals surface area contributed by atoms with Crippen molar-refractivity contribution in [1.29, 1.82) is 5.41 Å². The summed E-state index contributed by atoms with van der Waals surface area (Å²) in [5.74, 6) is -3.07. The molecule has 0 aliphatic rings. The summed E-state index contributed by atoms with van der Waals surface area (Å²) in [5.41, 5.74) is 4.33. The zero-order valence-electron chi connectivity index (χ0n) is 20.4. The number of Topliss-reactive ketones (excluding diaryl/α,β-unsaturated/α-hetero) is 1. The van der Waals surface area contributed by atoms with Gasteiger partial charge in [0.05, 0.1) is 19.3 Å². The van der Waals surface area contributed by atoms with Crippen LogP contribution in [0.5, 0.6) is 11.6 Å². The van der Waals surface area contributed by atoms with Crippen molar-refractivity contribution in [2.45, 2.75) is 25.7 Å². The molecule has 1 amide bonds. The molecular formula is C21H27F5N6O4S. The lowest BCUT2D eigenvalue weighted by molar-refractivity contribution is 0.0768. The van der Waals surface area contributed by atoms with Crippen LogP contribution in [0.2, 0.25) is 0 Å². The van der Waals surface area contributed by atoms with Crippen LogP contribution in [-0.4, -0.2) is 65.7 Å². The lowest BCUT2D eigenvalue weighted by Crippen LogP contribution is -2.42. The smallest absolute Gasteiger partial charge is 0.310 e. The highest BCUT2D eigenvalue weighted by Gasteiger charge is 2.65. The minimum atomic E-state index is -10.1. The molecule has 0 atom stereocenters. The fourth-order valence-electron chi connectivity index (χ4n) is 3.17. The van der Waals surface area contributed by atoms with Crippen LogP contribution >= 0.6 is 10.2 Å². The number of nitrogens with one attached hydrogen (secondary N) is 1. The first-order valence-electron chi connectivity index (χ1n) is 10.8. The first-order valence-corrected chi connectivity index (χ1v) is 12.8. The third-order valence-corrected chi connectivity index (χ3v) is 6.09. The zero-order valence-corrected chi connectivity index (χ0v) is 21.3. The summed E-state index contributed by atoms with van der Waals surface area (Å²) in [7, 11) is -9.18. The van der Waals surface area contributed by atoms with Gasteiger partial charge in [-0.2, -0.15) is 4.68 Å². The third kappa shape index (κ3) is 7.18. The predicted octanol–water partition coefficient (Wildman–Crippen LogP) is 3.95. The number of ether oxygens (including phenoxy) is 2. The molecule has 2 rings (SSSR count). The number of methoxy groups -OCH3 is 1. The number of aromatic nitrogens is 2. The minimum absolute atomic E-state index is 0.0133. The second-order valence-electron chi connectivity index (χ2n) is 7.53. The monoisotopic (exact) mass is 554 g/mol. The van der Waals surface area contributed by atoms with E-state index in [0.29, 0.717) is 13.1 Å². The van der Waals surface area contributed by atoms with Crippen molar-refractivity contribution in [2.75, 3.05) is 33.4 Å². The number of amides is 1. The van der Waals surface area contributed by atoms with Crippen molar-refractivity contribution < 1.29 is 38.5 Å². The molecule has 1 heterocycles. The maximum Gasteiger partial charge on any atom is 0.310 e. The summed E-state index contributed by atoms with van der Waals surface area (Å²) in [4.78, 5) is 29.0. The second kappa shape index (κ2) is 9.99. The fraction of sp³-hybridized carbons (Fsp3) is 0.381. The Kier molecular flexibility index (Phi) is 7.98. The lowest BCUT2D eigenvalue weighted by atomic mass is 10.1. The summed E-state index contributed by atoms with van der Waals surface area (Å²) in [6.45, 7) is 4.92. The first kappa shape index (κ1) is 29.5. The number of rotatable bonds is 10. The number of halogens is 5. The number of carbonyl (C=O) groups is 2. The van der Waals surface area contributed by atoms with E-state index in [4.69, 9.17) is 15.9 Å². The highest BCUT2D eigenvalue weighted by molar-refractivity contribution is 8.45. The topological polar surface area (TPSA) is 136 Å². The number of hydrogen-bond donors (Lipinski definition) is 2. The molecule has 0 bridgehead atoms. The number of nitrogens with zero attached hydrogens (tertiary/aromatic N) is 4. The van der Waals surface area contributed by atoms with E-state index >= 15 is 0 Å². The van der Waals surface area contributed by atoms with Crippen LogP contribution < -0.4 is 20.7 Å². The zero-order chi connectivity index (χ0) is 28.2. The molecule has 0 spiro atoms. The molecule has 1 aromatic heterocycles. The van der Waals surface area contributed by atoms with E-state index in [0.717, 1.165) is 17.9 Å². The van der Waals surface area contributed by atoms with E-state index < -0.39 is 50.6 Å². The Morgan fingerprint density at radius 1 is 1.11 bits per heavy atom. The molecule has 0 aliphatic heterocycles. The highest BCUT2D eigenvalue weighted by atomic mass is 32.5. The average molecular weight is 555 g/mol. The van der Waals surface area contributed by atoms with Gasteiger partial charge >= 0.3 is 10.2 Å². The number of hydrogen-bond acceptors (Lipinski definition) is 7. The largest absolute Gasteiger partial charge is 0.497 e. The van der Waals surface area contributed by atoms with E-state index in [1.165, 1.54) is 11.0 Å². The van der Waals surface area contributed by atoms with Gasteiger partial charge in [-0.25, -0.2) is 0 Å². The van der Waals surface area contributed by atoms with Crippen molar-refractivity contribution >= 4 is 27.9 Å². The van der Waals surface area contributed by atoms with E-state index in [-0.39, 0.29) is 35.7 Å². The molecule has 0 aliphatic carbocycles. The molecule has 0 radical (unpaired) electrons. The Balaban J connectivity index is 2.71. The Labute approximate surface area is 209 Å². The molecule has 16 heteroatoms. The van der Waals surface area contributed by atoms with E-state index in [1.807, 2.05) is 0 Å². The Morgan fingerprint density at radius 3 is 2.22 bits per heavy atom. The quantitative estimate of drug-likeness (QED) is 0.198. The van der Waals surface area contributed by atoms with Gasteiger partial charge in [0.1, 0.15) is 17.2 Å². The van der Waals surface area contributed by atoms with Gasteiger partial charge in [0.2, 0.25) is 11.8 Å². The molecule has 0 saturated heterocycles. The number of nitrogens with two attached hydrogens (primary N) is 1. The Morgan fingerprint density at radius 2 is 1.73 bits per heavy atom. The van der Waals surface area contributed by atoms with Gasteiger partial charge in [-0.15, -0.1) is 5.10 Å². The van der Waals surface area contributed by atoms with Crippen LogP contribution in [0.25, 0.3) is 0 Å². The standard InChI is InChI=1S/C21H27F5N6O4S/c1-5-31(6-2)20(34)16-11-18(36-7-3)30-32(21(27)28)19(16)29-12-17(33)13-8-14(35-4)10-15(9-13)37(22,23,24,25)26/h8-11H,5-7,12H2,1-4H3,(H3,27,28). The molecular weight excluding hydrogens is 527 g/mol. The van der Waals surface area contributed by atoms with Crippen molar-refractivity contribution in [3.05, 3.63) is 40.9 Å². The van der Waals surface area contributed by atoms with Gasteiger partial charge in [0.15, 0.2) is 11.3 Å². The van der Waals surface area contributed by atoms with Crippen molar-refractivity contribution in [3.63, 3.8) is 0 Å². The summed E-state index contributed by atoms with van der Waals surface area (Å²) < 4.78 is 77.7. The molecule has 10 nitrogen and oxygen atoms in total. The van der Waals surface area contributed by atoms with Crippen LogP contribution in [0, 0.1) is 5.41 Å². The molecule has 3 N–H and O–H groups in total. The molecule has 2 aromatic rings. The molecule has 0 fully saturated rings. The summed E-state index contributed by atoms with van der Waals surface area (Å²) >= 11 is 0. The Bertz CT molecular complexity index is 1290. The fourth-order valence-corrected chi connectivity index (χ4v) is 3.85. The second-order valence-corrected chi connectivity index (χ2v) is 9.94. The summed E-state index contributed by atoms with van der Waals surface area (Å²) in [5, 5.41) is 11.8. The highest BCUT2D eigenvalue weighted by Crippen LogP contribution is 3.02. The van der Waals surface area contributed by atoms with Crippen LogP contribution in [0.3, 0.4) is 0 Å². The van der Waals surface area contributed by atoms with E-state index in [1.54, 1.807) is 20.8 Å². The first-order chi connectivity index (χ1) is 16.9.